The molecule has 0 unspecified atom stereocenters. The molecule has 1 aliphatic rings. The van der Waals surface area contributed by atoms with Crippen molar-refractivity contribution in [3.05, 3.63) is 199 Å². The minimum absolute atomic E-state index is 1.12. The Morgan fingerprint density at radius 2 is 0.872 bits per heavy atom. The van der Waals surface area contributed by atoms with Gasteiger partial charge in [-0.25, -0.2) is 0 Å². The molecule has 0 N–H and O–H groups in total. The Labute approximate surface area is 275 Å². The van der Waals surface area contributed by atoms with Gasteiger partial charge in [0, 0.05) is 16.8 Å². The predicted molar refractivity (Wildman–Crippen MR) is 200 cm³/mol. The van der Waals surface area contributed by atoms with Crippen LogP contribution in [-0.2, 0) is 0 Å². The van der Waals surface area contributed by atoms with Gasteiger partial charge >= 0.3 is 0 Å². The second kappa shape index (κ2) is 11.3. The second-order valence-electron chi connectivity index (χ2n) is 12.1. The van der Waals surface area contributed by atoms with E-state index >= 15 is 0 Å². The molecule has 0 radical (unpaired) electrons. The molecule has 0 amide bonds. The minimum Gasteiger partial charge on any atom is -0.310 e. The lowest BCUT2D eigenvalue weighted by atomic mass is 9.92. The van der Waals surface area contributed by atoms with Crippen molar-refractivity contribution in [2.75, 3.05) is 4.90 Å². The highest BCUT2D eigenvalue weighted by Gasteiger charge is 2.22. The number of fused-ring (bicyclic) bond motifs is 1. The van der Waals surface area contributed by atoms with E-state index in [1.165, 1.54) is 66.1 Å². The second-order valence-corrected chi connectivity index (χ2v) is 12.1. The maximum Gasteiger partial charge on any atom is 0.0540 e. The van der Waals surface area contributed by atoms with Crippen LogP contribution in [0.15, 0.2) is 182 Å². The fourth-order valence-corrected chi connectivity index (χ4v) is 7.18. The predicted octanol–water partition coefficient (Wildman–Crippen LogP) is 12.7. The van der Waals surface area contributed by atoms with Crippen molar-refractivity contribution in [1.29, 1.82) is 0 Å². The van der Waals surface area contributed by atoms with Gasteiger partial charge in [-0.2, -0.15) is 0 Å². The smallest absolute Gasteiger partial charge is 0.0540 e. The molecule has 8 aromatic rings. The zero-order chi connectivity index (χ0) is 31.2. The van der Waals surface area contributed by atoms with Crippen LogP contribution in [0.25, 0.3) is 55.4 Å². The third kappa shape index (κ3) is 4.72. The molecule has 0 heterocycles. The maximum absolute atomic E-state index is 2.40. The van der Waals surface area contributed by atoms with Crippen LogP contribution in [0.1, 0.15) is 16.7 Å². The van der Waals surface area contributed by atoms with Crippen molar-refractivity contribution < 1.29 is 0 Å². The van der Waals surface area contributed by atoms with Gasteiger partial charge in [-0.15, -0.1) is 0 Å². The summed E-state index contributed by atoms with van der Waals surface area (Å²) in [5.74, 6) is 0. The van der Waals surface area contributed by atoms with E-state index in [-0.39, 0.29) is 0 Å². The molecule has 1 heteroatoms. The lowest BCUT2D eigenvalue weighted by Crippen LogP contribution is -2.11. The van der Waals surface area contributed by atoms with E-state index in [0.717, 1.165) is 17.1 Å². The van der Waals surface area contributed by atoms with E-state index < -0.39 is 0 Å². The van der Waals surface area contributed by atoms with Gasteiger partial charge in [-0.1, -0.05) is 152 Å². The first-order chi connectivity index (χ1) is 23.3. The molecule has 220 valence electrons. The van der Waals surface area contributed by atoms with Gasteiger partial charge in [-0.3, -0.25) is 0 Å². The number of hydrogen-bond donors (Lipinski definition) is 0. The Morgan fingerprint density at radius 3 is 1.49 bits per heavy atom. The van der Waals surface area contributed by atoms with Crippen molar-refractivity contribution in [2.24, 2.45) is 0 Å². The highest BCUT2D eigenvalue weighted by Crippen LogP contribution is 2.46. The molecule has 9 rings (SSSR count). The van der Waals surface area contributed by atoms with Crippen molar-refractivity contribution in [3.63, 3.8) is 0 Å². The number of hydrogen-bond acceptors (Lipinski definition) is 1. The van der Waals surface area contributed by atoms with Crippen LogP contribution in [0.2, 0.25) is 0 Å². The molecular weight excluding hydrogens is 567 g/mol. The Kier molecular flexibility index (Phi) is 6.54. The lowest BCUT2D eigenvalue weighted by Gasteiger charge is -2.28. The fourth-order valence-electron chi connectivity index (χ4n) is 7.18. The van der Waals surface area contributed by atoms with E-state index in [0.29, 0.717) is 0 Å². The zero-order valence-corrected chi connectivity index (χ0v) is 25.8. The van der Waals surface area contributed by atoms with Crippen molar-refractivity contribution in [1.82, 2.24) is 0 Å². The van der Waals surface area contributed by atoms with Gasteiger partial charge in [0.1, 0.15) is 0 Å². The first-order valence-corrected chi connectivity index (χ1v) is 16.2. The highest BCUT2D eigenvalue weighted by molar-refractivity contribution is 6.17. The van der Waals surface area contributed by atoms with Crippen LogP contribution >= 0.6 is 0 Å². The zero-order valence-electron chi connectivity index (χ0n) is 25.8. The van der Waals surface area contributed by atoms with E-state index in [1.807, 2.05) is 0 Å². The average molecular weight is 598 g/mol. The summed E-state index contributed by atoms with van der Waals surface area (Å²) in [7, 11) is 0. The maximum atomic E-state index is 2.40. The number of rotatable bonds is 6. The molecular formula is C46H31N. The van der Waals surface area contributed by atoms with Crippen molar-refractivity contribution in [3.8, 4) is 22.3 Å². The summed E-state index contributed by atoms with van der Waals surface area (Å²) in [6.45, 7) is 0. The summed E-state index contributed by atoms with van der Waals surface area (Å²) in [5, 5.41) is 5.09. The van der Waals surface area contributed by atoms with Crippen molar-refractivity contribution in [2.45, 2.75) is 0 Å². The molecule has 8 aromatic carbocycles. The third-order valence-corrected chi connectivity index (χ3v) is 9.42. The van der Waals surface area contributed by atoms with Gasteiger partial charge < -0.3 is 4.90 Å². The lowest BCUT2D eigenvalue weighted by molar-refractivity contribution is 1.30. The topological polar surface area (TPSA) is 3.24 Å². The molecule has 47 heavy (non-hydrogen) atoms. The van der Waals surface area contributed by atoms with E-state index in [9.17, 15) is 0 Å². The van der Waals surface area contributed by atoms with Crippen LogP contribution in [-0.4, -0.2) is 0 Å². The molecule has 0 atom stereocenters. The molecule has 0 aromatic heterocycles. The normalized spacial score (nSPS) is 12.0. The molecule has 0 bridgehead atoms. The standard InChI is InChI=1S/C46H31N/c1-3-11-32(12-4-1)34-21-25-38(26-22-34)47(39-27-23-35(24-28-39)33-13-5-2-6-14-33)45-30-29-41(40-18-7-8-19-42(40)45)44-31-37-17-9-15-36-16-10-20-43(44)46(36)37/h1-31H. The number of nitrogens with zero attached hydrogens (tertiary/aromatic N) is 1. The SMILES string of the molecule is C1=C(c2ccc(N(c3ccc(-c4ccccc4)cc3)c3ccc(-c4ccccc4)cc3)c3ccccc23)c2cccc3cccc1c23. The number of anilines is 3. The Hall–Kier alpha value is -6.18. The first-order valence-electron chi connectivity index (χ1n) is 16.2. The quantitative estimate of drug-likeness (QED) is 0.184. The van der Waals surface area contributed by atoms with E-state index in [4.69, 9.17) is 0 Å². The molecule has 0 fully saturated rings. The van der Waals surface area contributed by atoms with Gasteiger partial charge in [0.25, 0.3) is 0 Å². The summed E-state index contributed by atoms with van der Waals surface area (Å²) in [6.07, 6.45) is 2.36. The summed E-state index contributed by atoms with van der Waals surface area (Å²) >= 11 is 0. The fraction of sp³-hybridized carbons (Fsp3) is 0. The molecule has 1 aliphatic carbocycles. The number of benzene rings is 8. The summed E-state index contributed by atoms with van der Waals surface area (Å²) < 4.78 is 0. The molecule has 1 nitrogen and oxygen atoms in total. The van der Waals surface area contributed by atoms with Gasteiger partial charge in [0.05, 0.1) is 5.69 Å². The molecule has 0 spiro atoms. The molecule has 0 saturated carbocycles. The monoisotopic (exact) mass is 597 g/mol. The van der Waals surface area contributed by atoms with Crippen molar-refractivity contribution >= 4 is 50.3 Å². The van der Waals surface area contributed by atoms with E-state index in [1.54, 1.807) is 0 Å². The van der Waals surface area contributed by atoms with Gasteiger partial charge in [0.2, 0.25) is 0 Å². The Balaban J connectivity index is 1.20. The Morgan fingerprint density at radius 1 is 0.340 bits per heavy atom. The first kappa shape index (κ1) is 27.2. The van der Waals surface area contributed by atoms with E-state index in [2.05, 4.69) is 193 Å². The van der Waals surface area contributed by atoms with Crippen LogP contribution in [0.3, 0.4) is 0 Å². The molecule has 0 saturated heterocycles. The van der Waals surface area contributed by atoms with Gasteiger partial charge in [0.15, 0.2) is 0 Å². The van der Waals surface area contributed by atoms with Crippen LogP contribution in [0, 0.1) is 0 Å². The minimum atomic E-state index is 1.12. The van der Waals surface area contributed by atoms with Crippen LogP contribution in [0.5, 0.6) is 0 Å². The largest absolute Gasteiger partial charge is 0.310 e. The third-order valence-electron chi connectivity index (χ3n) is 9.42. The average Bonchev–Trinajstić information content (AvgIpc) is 3.53. The molecule has 0 aliphatic heterocycles. The summed E-state index contributed by atoms with van der Waals surface area (Å²) in [4.78, 5) is 2.40. The van der Waals surface area contributed by atoms with Gasteiger partial charge in [-0.05, 0) is 97.1 Å². The highest BCUT2D eigenvalue weighted by atomic mass is 15.1. The summed E-state index contributed by atoms with van der Waals surface area (Å²) in [5.41, 5.74) is 13.4. The van der Waals surface area contributed by atoms with Crippen LogP contribution < -0.4 is 4.90 Å². The van der Waals surface area contributed by atoms with Crippen LogP contribution in [0.4, 0.5) is 17.1 Å². The summed E-state index contributed by atoms with van der Waals surface area (Å²) in [6, 6.07) is 65.8. The Bertz CT molecular complexity index is 2330.